The summed E-state index contributed by atoms with van der Waals surface area (Å²) in [6.07, 6.45) is 10.0. The first-order valence-corrected chi connectivity index (χ1v) is 9.76. The molecule has 1 aliphatic rings. The van der Waals surface area contributed by atoms with E-state index < -0.39 is 11.4 Å². The average Bonchev–Trinajstić information content (AvgIpc) is 3.30. The van der Waals surface area contributed by atoms with Gasteiger partial charge in [0.1, 0.15) is 5.75 Å². The Labute approximate surface area is 152 Å². The maximum Gasteiger partial charge on any atom is 0.309 e. The van der Waals surface area contributed by atoms with Crippen LogP contribution in [0.2, 0.25) is 0 Å². The van der Waals surface area contributed by atoms with Crippen LogP contribution in [-0.2, 0) is 17.6 Å². The lowest BCUT2D eigenvalue weighted by molar-refractivity contribution is -0.143. The zero-order valence-corrected chi connectivity index (χ0v) is 16.1. The molecule has 2 N–H and O–H groups in total. The highest BCUT2D eigenvalue weighted by Gasteiger charge is 2.49. The molecule has 25 heavy (non-hydrogen) atoms. The number of aryl methyl sites for hydroxylation is 2. The van der Waals surface area contributed by atoms with Crippen molar-refractivity contribution in [2.75, 3.05) is 0 Å². The van der Waals surface area contributed by atoms with E-state index in [2.05, 4.69) is 26.8 Å². The van der Waals surface area contributed by atoms with E-state index in [4.69, 9.17) is 0 Å². The molecule has 3 nitrogen and oxygen atoms in total. The fourth-order valence-corrected chi connectivity index (χ4v) is 3.56. The number of aliphatic carboxylic acids is 1. The largest absolute Gasteiger partial charge is 0.508 e. The average molecular weight is 347 g/mol. The summed E-state index contributed by atoms with van der Waals surface area (Å²) >= 11 is 0. The van der Waals surface area contributed by atoms with E-state index in [0.29, 0.717) is 11.2 Å². The van der Waals surface area contributed by atoms with Gasteiger partial charge in [0.2, 0.25) is 0 Å². The molecule has 0 amide bonds. The molecule has 0 unspecified atom stereocenters. The van der Waals surface area contributed by atoms with Gasteiger partial charge >= 0.3 is 5.97 Å². The summed E-state index contributed by atoms with van der Waals surface area (Å²) in [5.41, 5.74) is 2.55. The highest BCUT2D eigenvalue weighted by Crippen LogP contribution is 2.50. The topological polar surface area (TPSA) is 57.5 Å². The molecule has 2 rings (SSSR count). The second-order valence-electron chi connectivity index (χ2n) is 9.01. The van der Waals surface area contributed by atoms with Gasteiger partial charge in [0.25, 0.3) is 0 Å². The number of hydrogen-bond donors (Lipinski definition) is 2. The Morgan fingerprint density at radius 3 is 2.28 bits per heavy atom. The standard InChI is InChI=1S/C22H34O3/c1-21(2,3)12-6-4-8-17-10-11-19(23)16-18(17)9-5-7-13-22(14-15-22)20(24)25/h10-11,16,23H,4-9,12-15H2,1-3H3,(H,24,25). The molecule has 0 saturated heterocycles. The van der Waals surface area contributed by atoms with Crippen LogP contribution < -0.4 is 0 Å². The number of phenolic OH excluding ortho intramolecular Hbond substituents is 1. The maximum absolute atomic E-state index is 11.2. The molecule has 0 aromatic heterocycles. The molecule has 0 aliphatic heterocycles. The van der Waals surface area contributed by atoms with Crippen molar-refractivity contribution in [3.05, 3.63) is 29.3 Å². The first-order chi connectivity index (χ1) is 11.7. The summed E-state index contributed by atoms with van der Waals surface area (Å²) in [7, 11) is 0. The van der Waals surface area contributed by atoms with Crippen molar-refractivity contribution in [1.82, 2.24) is 0 Å². The normalized spacial score (nSPS) is 16.0. The van der Waals surface area contributed by atoms with Crippen LogP contribution in [0.15, 0.2) is 18.2 Å². The Balaban J connectivity index is 1.80. The predicted molar refractivity (Wildman–Crippen MR) is 102 cm³/mol. The van der Waals surface area contributed by atoms with Crippen LogP contribution in [0, 0.1) is 10.8 Å². The Bertz CT molecular complexity index is 579. The van der Waals surface area contributed by atoms with Crippen LogP contribution in [0.1, 0.15) is 83.3 Å². The first-order valence-electron chi connectivity index (χ1n) is 9.76. The molecule has 0 bridgehead atoms. The van der Waals surface area contributed by atoms with Crippen LogP contribution in [0.5, 0.6) is 5.75 Å². The number of carbonyl (C=O) groups is 1. The molecule has 0 radical (unpaired) electrons. The van der Waals surface area contributed by atoms with E-state index in [1.165, 1.54) is 30.4 Å². The molecule has 1 aromatic carbocycles. The third-order valence-corrected chi connectivity index (χ3v) is 5.47. The van der Waals surface area contributed by atoms with Crippen molar-refractivity contribution >= 4 is 5.97 Å². The van der Waals surface area contributed by atoms with Crippen molar-refractivity contribution < 1.29 is 15.0 Å². The minimum absolute atomic E-state index is 0.331. The monoisotopic (exact) mass is 346 g/mol. The van der Waals surface area contributed by atoms with Gasteiger partial charge in [-0.2, -0.15) is 0 Å². The molecular formula is C22H34O3. The number of aromatic hydroxyl groups is 1. The highest BCUT2D eigenvalue weighted by molar-refractivity contribution is 5.77. The quantitative estimate of drug-likeness (QED) is 0.532. The van der Waals surface area contributed by atoms with E-state index >= 15 is 0 Å². The molecular weight excluding hydrogens is 312 g/mol. The van der Waals surface area contributed by atoms with Gasteiger partial charge < -0.3 is 10.2 Å². The van der Waals surface area contributed by atoms with Gasteiger partial charge in [-0.15, -0.1) is 0 Å². The van der Waals surface area contributed by atoms with Crippen molar-refractivity contribution in [2.24, 2.45) is 10.8 Å². The van der Waals surface area contributed by atoms with E-state index in [9.17, 15) is 15.0 Å². The number of unbranched alkanes of at least 4 members (excludes halogenated alkanes) is 2. The minimum Gasteiger partial charge on any atom is -0.508 e. The van der Waals surface area contributed by atoms with E-state index in [1.54, 1.807) is 6.07 Å². The second-order valence-corrected chi connectivity index (χ2v) is 9.01. The molecule has 0 heterocycles. The molecule has 140 valence electrons. The predicted octanol–water partition coefficient (Wildman–Crippen LogP) is 5.73. The van der Waals surface area contributed by atoms with Gasteiger partial charge in [-0.05, 0) is 80.0 Å². The van der Waals surface area contributed by atoms with Crippen LogP contribution in [-0.4, -0.2) is 16.2 Å². The summed E-state index contributed by atoms with van der Waals surface area (Å²) in [4.78, 5) is 11.2. The van der Waals surface area contributed by atoms with E-state index in [-0.39, 0.29) is 0 Å². The summed E-state index contributed by atoms with van der Waals surface area (Å²) in [6.45, 7) is 6.84. The molecule has 1 saturated carbocycles. The lowest BCUT2D eigenvalue weighted by Gasteiger charge is -2.18. The lowest BCUT2D eigenvalue weighted by atomic mass is 9.88. The van der Waals surface area contributed by atoms with Crippen LogP contribution in [0.4, 0.5) is 0 Å². The summed E-state index contributed by atoms with van der Waals surface area (Å²) < 4.78 is 0. The molecule has 1 aromatic rings. The van der Waals surface area contributed by atoms with Gasteiger partial charge in [0, 0.05) is 0 Å². The van der Waals surface area contributed by atoms with Gasteiger partial charge in [-0.3, -0.25) is 4.79 Å². The van der Waals surface area contributed by atoms with E-state index in [0.717, 1.165) is 44.9 Å². The fourth-order valence-electron chi connectivity index (χ4n) is 3.56. The Morgan fingerprint density at radius 2 is 1.68 bits per heavy atom. The highest BCUT2D eigenvalue weighted by atomic mass is 16.4. The lowest BCUT2D eigenvalue weighted by Crippen LogP contribution is -2.14. The van der Waals surface area contributed by atoms with Gasteiger partial charge in [-0.1, -0.05) is 39.7 Å². The summed E-state index contributed by atoms with van der Waals surface area (Å²) in [6, 6.07) is 5.73. The van der Waals surface area contributed by atoms with Crippen molar-refractivity contribution in [3.8, 4) is 5.75 Å². The molecule has 1 aliphatic carbocycles. The van der Waals surface area contributed by atoms with Gasteiger partial charge in [0.15, 0.2) is 0 Å². The summed E-state index contributed by atoms with van der Waals surface area (Å²) in [5.74, 6) is -0.290. The van der Waals surface area contributed by atoms with Crippen LogP contribution in [0.3, 0.4) is 0 Å². The van der Waals surface area contributed by atoms with Crippen molar-refractivity contribution in [1.29, 1.82) is 0 Å². The maximum atomic E-state index is 11.2. The number of rotatable bonds is 10. The number of carboxylic acid groups (broad SMARTS) is 1. The van der Waals surface area contributed by atoms with Crippen molar-refractivity contribution in [3.63, 3.8) is 0 Å². The number of benzene rings is 1. The van der Waals surface area contributed by atoms with Crippen LogP contribution >= 0.6 is 0 Å². The third-order valence-electron chi connectivity index (χ3n) is 5.47. The molecule has 3 heteroatoms. The minimum atomic E-state index is -0.621. The molecule has 0 atom stereocenters. The molecule has 0 spiro atoms. The SMILES string of the molecule is CC(C)(C)CCCCc1ccc(O)cc1CCCCC1(C(=O)O)CC1. The first kappa shape index (κ1) is 19.8. The second kappa shape index (κ2) is 8.25. The van der Waals surface area contributed by atoms with Crippen LogP contribution in [0.25, 0.3) is 0 Å². The number of carboxylic acids is 1. The fraction of sp³-hybridized carbons (Fsp3) is 0.682. The van der Waals surface area contributed by atoms with Gasteiger partial charge in [0.05, 0.1) is 5.41 Å². The summed E-state index contributed by atoms with van der Waals surface area (Å²) in [5, 5.41) is 19.1. The molecule has 1 fully saturated rings. The third kappa shape index (κ3) is 6.37. The Morgan fingerprint density at radius 1 is 1.04 bits per heavy atom. The number of hydrogen-bond acceptors (Lipinski definition) is 2. The smallest absolute Gasteiger partial charge is 0.309 e. The Kier molecular flexibility index (Phi) is 6.53. The zero-order chi connectivity index (χ0) is 18.5. The zero-order valence-electron chi connectivity index (χ0n) is 16.1. The number of phenols is 1. The van der Waals surface area contributed by atoms with Gasteiger partial charge in [-0.25, -0.2) is 0 Å². The van der Waals surface area contributed by atoms with Crippen molar-refractivity contribution in [2.45, 2.75) is 85.0 Å². The Hall–Kier alpha value is -1.51. The van der Waals surface area contributed by atoms with E-state index in [1.807, 2.05) is 6.07 Å².